The number of halogens is 1. The van der Waals surface area contributed by atoms with Crippen LogP contribution >= 0.6 is 11.6 Å². The molecule has 0 bridgehead atoms. The van der Waals surface area contributed by atoms with Crippen LogP contribution in [0.2, 0.25) is 5.02 Å². The Labute approximate surface area is 217 Å². The van der Waals surface area contributed by atoms with Crippen LogP contribution in [0.5, 0.6) is 0 Å². The van der Waals surface area contributed by atoms with E-state index in [2.05, 4.69) is 15.3 Å². The van der Waals surface area contributed by atoms with E-state index in [-0.39, 0.29) is 5.82 Å². The maximum Gasteiger partial charge on any atom is 0.413 e. The molecule has 9 heteroatoms. The molecule has 37 heavy (non-hydrogen) atoms. The molecule has 0 aliphatic heterocycles. The fourth-order valence-corrected chi connectivity index (χ4v) is 4.71. The molecule has 1 unspecified atom stereocenters. The van der Waals surface area contributed by atoms with Crippen LogP contribution in [0.4, 0.5) is 10.6 Å². The molecule has 188 valence electrons. The number of carbonyl (C=O) groups excluding carboxylic acids is 1. The standard InChI is InChI=1S/C28H24ClN3O5/c1-16(21-4-2-3-5-22(21)29)37-27(36)32-24-23(30-26(35)31-24)19-8-6-17(7-9-19)18-10-12-20(13-11-18)28(14-15-28)25(33)34/h2-13,16H,14-15H2,1H3,(H,32,36)(H,33,34)(H2,30,31,35). The number of anilines is 1. The molecule has 1 aliphatic rings. The first-order valence-corrected chi connectivity index (χ1v) is 12.1. The number of rotatable bonds is 7. The molecular weight excluding hydrogens is 494 g/mol. The minimum Gasteiger partial charge on any atom is -0.481 e. The van der Waals surface area contributed by atoms with Gasteiger partial charge in [0.05, 0.1) is 11.1 Å². The van der Waals surface area contributed by atoms with Gasteiger partial charge in [-0.25, -0.2) is 9.59 Å². The third kappa shape index (κ3) is 4.88. The number of carbonyl (C=O) groups is 2. The topological polar surface area (TPSA) is 124 Å². The van der Waals surface area contributed by atoms with Crippen LogP contribution in [-0.2, 0) is 14.9 Å². The number of hydrogen-bond donors (Lipinski definition) is 4. The summed E-state index contributed by atoms with van der Waals surface area (Å²) in [5.74, 6) is -0.599. The maximum atomic E-state index is 12.5. The van der Waals surface area contributed by atoms with E-state index in [4.69, 9.17) is 16.3 Å². The summed E-state index contributed by atoms with van der Waals surface area (Å²) in [5.41, 5.74) is 3.22. The van der Waals surface area contributed by atoms with Gasteiger partial charge >= 0.3 is 17.8 Å². The van der Waals surface area contributed by atoms with Gasteiger partial charge in [-0.2, -0.15) is 0 Å². The van der Waals surface area contributed by atoms with Gasteiger partial charge < -0.3 is 14.8 Å². The second-order valence-corrected chi connectivity index (χ2v) is 9.47. The highest BCUT2D eigenvalue weighted by atomic mass is 35.5. The number of carboxylic acids is 1. The zero-order valence-corrected chi connectivity index (χ0v) is 20.6. The third-order valence-electron chi connectivity index (χ3n) is 6.68. The van der Waals surface area contributed by atoms with Gasteiger partial charge in [-0.15, -0.1) is 0 Å². The van der Waals surface area contributed by atoms with Crippen LogP contribution in [0, 0.1) is 0 Å². The van der Waals surface area contributed by atoms with Crippen LogP contribution in [0.1, 0.15) is 37.0 Å². The maximum absolute atomic E-state index is 12.5. The zero-order valence-electron chi connectivity index (χ0n) is 19.9. The van der Waals surface area contributed by atoms with E-state index in [0.29, 0.717) is 34.7 Å². The lowest BCUT2D eigenvalue weighted by molar-refractivity contribution is -0.140. The number of aromatic amines is 2. The van der Waals surface area contributed by atoms with Crippen molar-refractivity contribution < 1.29 is 19.4 Å². The Bertz CT molecular complexity index is 1520. The van der Waals surface area contributed by atoms with E-state index in [1.807, 2.05) is 48.5 Å². The van der Waals surface area contributed by atoms with Crippen LogP contribution in [0.25, 0.3) is 22.4 Å². The van der Waals surface area contributed by atoms with Crippen molar-refractivity contribution in [2.24, 2.45) is 0 Å². The van der Waals surface area contributed by atoms with Crippen molar-refractivity contribution in [3.05, 3.63) is 99.4 Å². The Balaban J connectivity index is 1.31. The lowest BCUT2D eigenvalue weighted by atomic mass is 9.93. The van der Waals surface area contributed by atoms with E-state index in [9.17, 15) is 19.5 Å². The summed E-state index contributed by atoms with van der Waals surface area (Å²) >= 11 is 6.18. The van der Waals surface area contributed by atoms with E-state index >= 15 is 0 Å². The number of nitrogens with one attached hydrogen (secondary N) is 3. The number of amides is 1. The fraction of sp³-hybridized carbons (Fsp3) is 0.179. The summed E-state index contributed by atoms with van der Waals surface area (Å²) in [6, 6.07) is 22.1. The lowest BCUT2D eigenvalue weighted by Crippen LogP contribution is -2.19. The molecule has 0 radical (unpaired) electrons. The van der Waals surface area contributed by atoms with Gasteiger partial charge in [-0.3, -0.25) is 15.1 Å². The van der Waals surface area contributed by atoms with Gasteiger partial charge in [-0.05, 0) is 42.5 Å². The van der Waals surface area contributed by atoms with Gasteiger partial charge in [0.1, 0.15) is 11.9 Å². The summed E-state index contributed by atoms with van der Waals surface area (Å²) in [6.45, 7) is 1.71. The first kappa shape index (κ1) is 24.4. The molecule has 8 nitrogen and oxygen atoms in total. The average Bonchev–Trinajstić information content (AvgIpc) is 3.62. The van der Waals surface area contributed by atoms with Crippen LogP contribution in [0.15, 0.2) is 77.6 Å². The molecular formula is C28H24ClN3O5. The SMILES string of the molecule is CC(OC(=O)Nc1[nH]c(=O)[nH]c1-c1ccc(-c2ccc(C3(C(=O)O)CC3)cc2)cc1)c1ccccc1Cl. The lowest BCUT2D eigenvalue weighted by Gasteiger charge is -2.15. The second kappa shape index (κ2) is 9.63. The minimum absolute atomic E-state index is 0.182. The number of H-pyrrole nitrogens is 2. The monoisotopic (exact) mass is 517 g/mol. The van der Waals surface area contributed by atoms with Gasteiger partial charge in [0.15, 0.2) is 0 Å². The minimum atomic E-state index is -0.781. The van der Waals surface area contributed by atoms with Crippen molar-refractivity contribution in [1.82, 2.24) is 9.97 Å². The van der Waals surface area contributed by atoms with Crippen molar-refractivity contribution in [3.63, 3.8) is 0 Å². The Hall–Kier alpha value is -4.30. The summed E-state index contributed by atoms with van der Waals surface area (Å²) in [5, 5.41) is 12.6. The molecule has 1 heterocycles. The molecule has 1 amide bonds. The van der Waals surface area contributed by atoms with Crippen LogP contribution in [0.3, 0.4) is 0 Å². The van der Waals surface area contributed by atoms with E-state index < -0.39 is 29.3 Å². The Morgan fingerprint density at radius 2 is 1.54 bits per heavy atom. The molecule has 5 rings (SSSR count). The normalized spacial score (nSPS) is 14.5. The zero-order chi connectivity index (χ0) is 26.2. The van der Waals surface area contributed by atoms with Crippen LogP contribution < -0.4 is 11.0 Å². The van der Waals surface area contributed by atoms with Gasteiger partial charge in [-0.1, -0.05) is 78.3 Å². The number of aliphatic carboxylic acids is 1. The second-order valence-electron chi connectivity index (χ2n) is 9.07. The molecule has 0 spiro atoms. The van der Waals surface area contributed by atoms with E-state index in [0.717, 1.165) is 16.7 Å². The van der Waals surface area contributed by atoms with Gasteiger partial charge in [0, 0.05) is 16.1 Å². The van der Waals surface area contributed by atoms with Gasteiger partial charge in [0.25, 0.3) is 0 Å². The average molecular weight is 518 g/mol. The summed E-state index contributed by atoms with van der Waals surface area (Å²) in [7, 11) is 0. The highest BCUT2D eigenvalue weighted by Gasteiger charge is 2.51. The van der Waals surface area contributed by atoms with Crippen molar-refractivity contribution in [2.75, 3.05) is 5.32 Å². The molecule has 1 saturated carbocycles. The summed E-state index contributed by atoms with van der Waals surface area (Å²) in [6.07, 6.45) is -0.0171. The first-order valence-electron chi connectivity index (χ1n) is 11.8. The molecule has 4 N–H and O–H groups in total. The molecule has 0 saturated heterocycles. The van der Waals surface area contributed by atoms with E-state index in [1.165, 1.54) is 0 Å². The molecule has 1 atom stereocenters. The first-order chi connectivity index (χ1) is 17.8. The fourth-order valence-electron chi connectivity index (χ4n) is 4.42. The summed E-state index contributed by atoms with van der Waals surface area (Å²) < 4.78 is 5.44. The number of ether oxygens (including phenoxy) is 1. The predicted molar refractivity (Wildman–Crippen MR) is 141 cm³/mol. The molecule has 1 aliphatic carbocycles. The van der Waals surface area contributed by atoms with Crippen molar-refractivity contribution in [3.8, 4) is 22.4 Å². The molecule has 3 aromatic carbocycles. The van der Waals surface area contributed by atoms with Crippen molar-refractivity contribution in [1.29, 1.82) is 0 Å². The highest BCUT2D eigenvalue weighted by molar-refractivity contribution is 6.31. The Morgan fingerprint density at radius 3 is 2.14 bits per heavy atom. The molecule has 1 fully saturated rings. The van der Waals surface area contributed by atoms with Crippen LogP contribution in [-0.4, -0.2) is 27.1 Å². The molecule has 4 aromatic rings. The number of benzene rings is 3. The predicted octanol–water partition coefficient (Wildman–Crippen LogP) is 6.12. The Morgan fingerprint density at radius 1 is 0.946 bits per heavy atom. The van der Waals surface area contributed by atoms with Crippen molar-refractivity contribution in [2.45, 2.75) is 31.3 Å². The van der Waals surface area contributed by atoms with E-state index in [1.54, 1.807) is 31.2 Å². The number of aromatic nitrogens is 2. The van der Waals surface area contributed by atoms with Gasteiger partial charge in [0.2, 0.25) is 0 Å². The molecule has 1 aromatic heterocycles. The Kier molecular flexibility index (Phi) is 6.35. The highest BCUT2D eigenvalue weighted by Crippen LogP contribution is 2.48. The number of imidazole rings is 1. The largest absolute Gasteiger partial charge is 0.481 e. The smallest absolute Gasteiger partial charge is 0.413 e. The number of carboxylic acid groups (broad SMARTS) is 1. The summed E-state index contributed by atoms with van der Waals surface area (Å²) in [4.78, 5) is 41.4. The quantitative estimate of drug-likeness (QED) is 0.235. The number of hydrogen-bond acceptors (Lipinski definition) is 4. The van der Waals surface area contributed by atoms with Crippen molar-refractivity contribution >= 4 is 29.5 Å². The third-order valence-corrected chi connectivity index (χ3v) is 7.03.